The van der Waals surface area contributed by atoms with Crippen molar-refractivity contribution < 1.29 is 4.92 Å². The molecule has 1 aliphatic rings. The quantitative estimate of drug-likeness (QED) is 0.581. The molecule has 2 N–H and O–H groups in total. The largest absolute Gasteiger partial charge is 0.364 e. The number of nitrogens with zero attached hydrogens (tertiary/aromatic N) is 3. The summed E-state index contributed by atoms with van der Waals surface area (Å²) >= 11 is 0. The topological polar surface area (TPSA) is 93.0 Å². The van der Waals surface area contributed by atoms with E-state index in [9.17, 15) is 10.1 Å². The van der Waals surface area contributed by atoms with Gasteiger partial charge in [0.2, 0.25) is 11.6 Å². The lowest BCUT2D eigenvalue weighted by Gasteiger charge is -2.14. The molecule has 2 rings (SSSR count). The Morgan fingerprint density at radius 1 is 1.47 bits per heavy atom. The van der Waals surface area contributed by atoms with Crippen molar-refractivity contribution in [3.05, 3.63) is 16.4 Å². The maximum absolute atomic E-state index is 11.2. The second-order valence-electron chi connectivity index (χ2n) is 4.93. The zero-order valence-corrected chi connectivity index (χ0v) is 11.2. The van der Waals surface area contributed by atoms with Gasteiger partial charge in [0, 0.05) is 12.6 Å². The minimum atomic E-state index is -0.440. The smallest absolute Gasteiger partial charge is 0.353 e. The lowest BCUT2D eigenvalue weighted by Crippen LogP contribution is -2.18. The molecule has 0 aliphatic heterocycles. The molecule has 0 bridgehead atoms. The Kier molecular flexibility index (Phi) is 4.13. The lowest BCUT2D eigenvalue weighted by molar-refractivity contribution is -0.383. The number of anilines is 2. The van der Waals surface area contributed by atoms with E-state index in [1.54, 1.807) is 0 Å². The Morgan fingerprint density at radius 2 is 2.16 bits per heavy atom. The number of rotatable bonds is 7. The summed E-state index contributed by atoms with van der Waals surface area (Å²) in [5.74, 6) is 1.32. The van der Waals surface area contributed by atoms with Crippen LogP contribution in [0.4, 0.5) is 17.3 Å². The van der Waals surface area contributed by atoms with E-state index in [4.69, 9.17) is 0 Å². The summed E-state index contributed by atoms with van der Waals surface area (Å²) in [5, 5.41) is 17.2. The van der Waals surface area contributed by atoms with Crippen molar-refractivity contribution in [3.63, 3.8) is 0 Å². The van der Waals surface area contributed by atoms with E-state index < -0.39 is 4.92 Å². The first-order valence-corrected chi connectivity index (χ1v) is 6.61. The monoisotopic (exact) mass is 265 g/mol. The van der Waals surface area contributed by atoms with Crippen LogP contribution < -0.4 is 10.6 Å². The van der Waals surface area contributed by atoms with E-state index in [0.29, 0.717) is 12.4 Å². The molecular weight excluding hydrogens is 246 g/mol. The van der Waals surface area contributed by atoms with Crippen molar-refractivity contribution in [2.45, 2.75) is 39.2 Å². The predicted octanol–water partition coefficient (Wildman–Crippen LogP) is 2.42. The van der Waals surface area contributed by atoms with Crippen LogP contribution in [0.5, 0.6) is 0 Å². The lowest BCUT2D eigenvalue weighted by atomic mass is 10.1. The van der Waals surface area contributed by atoms with Gasteiger partial charge in [0.05, 0.1) is 4.92 Å². The summed E-state index contributed by atoms with van der Waals surface area (Å²) in [5.41, 5.74) is -0.0769. The van der Waals surface area contributed by atoms with Gasteiger partial charge in [-0.15, -0.1) is 0 Å². The Morgan fingerprint density at radius 3 is 2.74 bits per heavy atom. The molecule has 7 nitrogen and oxygen atoms in total. The van der Waals surface area contributed by atoms with Crippen molar-refractivity contribution in [1.29, 1.82) is 0 Å². The molecule has 1 atom stereocenters. The molecule has 1 fully saturated rings. The average Bonchev–Trinajstić information content (AvgIpc) is 3.13. The van der Waals surface area contributed by atoms with E-state index in [1.165, 1.54) is 19.2 Å². The molecule has 19 heavy (non-hydrogen) atoms. The molecule has 1 heterocycles. The molecular formula is C12H19N5O2. The molecule has 0 radical (unpaired) electrons. The maximum atomic E-state index is 11.2. The summed E-state index contributed by atoms with van der Waals surface area (Å²) in [4.78, 5) is 18.7. The van der Waals surface area contributed by atoms with Crippen LogP contribution in [0.25, 0.3) is 0 Å². The maximum Gasteiger partial charge on any atom is 0.353 e. The zero-order chi connectivity index (χ0) is 13.8. The van der Waals surface area contributed by atoms with Gasteiger partial charge in [-0.2, -0.15) is 0 Å². The number of nitrogens with one attached hydrogen (secondary N) is 2. The third-order valence-electron chi connectivity index (χ3n) is 3.12. The molecule has 0 aromatic carbocycles. The zero-order valence-electron chi connectivity index (χ0n) is 11.2. The molecule has 1 aromatic rings. The van der Waals surface area contributed by atoms with Crippen LogP contribution in [0, 0.1) is 16.0 Å². The standard InChI is InChI=1S/C12H19N5O2/c1-3-13-11-10(17(18)19)12(15-7-14-11)16-8(2)6-9-4-5-9/h7-9H,3-6H2,1-2H3,(H2,13,14,15,16). The van der Waals surface area contributed by atoms with Gasteiger partial charge in [0.25, 0.3) is 0 Å². The van der Waals surface area contributed by atoms with Crippen molar-refractivity contribution >= 4 is 17.3 Å². The van der Waals surface area contributed by atoms with Crippen LogP contribution in [0.15, 0.2) is 6.33 Å². The SMILES string of the molecule is CCNc1ncnc(NC(C)CC2CC2)c1[N+](=O)[O-]. The summed E-state index contributed by atoms with van der Waals surface area (Å²) in [6.45, 7) is 4.47. The van der Waals surface area contributed by atoms with Crippen molar-refractivity contribution in [3.8, 4) is 0 Å². The third kappa shape index (κ3) is 3.52. The summed E-state index contributed by atoms with van der Waals surface area (Å²) in [6, 6.07) is 0.176. The molecule has 0 amide bonds. The van der Waals surface area contributed by atoms with Gasteiger partial charge in [-0.3, -0.25) is 10.1 Å². The highest BCUT2D eigenvalue weighted by molar-refractivity contribution is 5.69. The van der Waals surface area contributed by atoms with Gasteiger partial charge >= 0.3 is 5.69 Å². The van der Waals surface area contributed by atoms with E-state index in [1.807, 2.05) is 13.8 Å². The Balaban J connectivity index is 2.17. The number of hydrogen-bond acceptors (Lipinski definition) is 6. The molecule has 0 saturated heterocycles. The first-order valence-electron chi connectivity index (χ1n) is 6.61. The van der Waals surface area contributed by atoms with Crippen LogP contribution in [0.1, 0.15) is 33.1 Å². The third-order valence-corrected chi connectivity index (χ3v) is 3.12. The molecule has 1 saturated carbocycles. The fourth-order valence-corrected chi connectivity index (χ4v) is 2.10. The van der Waals surface area contributed by atoms with Crippen molar-refractivity contribution in [2.75, 3.05) is 17.2 Å². The number of hydrogen-bond donors (Lipinski definition) is 2. The fourth-order valence-electron chi connectivity index (χ4n) is 2.10. The second kappa shape index (κ2) is 5.81. The first-order chi connectivity index (χ1) is 9.11. The summed E-state index contributed by atoms with van der Waals surface area (Å²) in [7, 11) is 0. The van der Waals surface area contributed by atoms with E-state index in [2.05, 4.69) is 20.6 Å². The Hall–Kier alpha value is -1.92. The van der Waals surface area contributed by atoms with E-state index in [-0.39, 0.29) is 17.5 Å². The van der Waals surface area contributed by atoms with Gasteiger partial charge < -0.3 is 10.6 Å². The highest BCUT2D eigenvalue weighted by Crippen LogP contribution is 2.35. The Labute approximate surface area is 112 Å². The van der Waals surface area contributed by atoms with Crippen LogP contribution in [-0.4, -0.2) is 27.5 Å². The van der Waals surface area contributed by atoms with Crippen molar-refractivity contribution in [2.24, 2.45) is 5.92 Å². The van der Waals surface area contributed by atoms with Crippen LogP contribution in [-0.2, 0) is 0 Å². The van der Waals surface area contributed by atoms with Crippen LogP contribution in [0.2, 0.25) is 0 Å². The summed E-state index contributed by atoms with van der Waals surface area (Å²) in [6.07, 6.45) is 4.90. The molecule has 104 valence electrons. The fraction of sp³-hybridized carbons (Fsp3) is 0.667. The predicted molar refractivity (Wildman–Crippen MR) is 73.3 cm³/mol. The highest BCUT2D eigenvalue weighted by atomic mass is 16.6. The molecule has 1 aromatic heterocycles. The summed E-state index contributed by atoms with van der Waals surface area (Å²) < 4.78 is 0. The Bertz CT molecular complexity index is 461. The van der Waals surface area contributed by atoms with E-state index in [0.717, 1.165) is 12.3 Å². The van der Waals surface area contributed by atoms with E-state index >= 15 is 0 Å². The van der Waals surface area contributed by atoms with Gasteiger partial charge in [0.15, 0.2) is 0 Å². The van der Waals surface area contributed by atoms with Gasteiger partial charge in [0.1, 0.15) is 6.33 Å². The number of aromatic nitrogens is 2. The normalized spacial score (nSPS) is 15.9. The van der Waals surface area contributed by atoms with Gasteiger partial charge in [-0.1, -0.05) is 12.8 Å². The van der Waals surface area contributed by atoms with Crippen molar-refractivity contribution in [1.82, 2.24) is 9.97 Å². The molecule has 7 heteroatoms. The minimum absolute atomic E-state index is 0.0769. The molecule has 0 spiro atoms. The second-order valence-corrected chi connectivity index (χ2v) is 4.93. The first kappa shape index (κ1) is 13.5. The van der Waals surface area contributed by atoms with Crippen LogP contribution >= 0.6 is 0 Å². The minimum Gasteiger partial charge on any atom is -0.364 e. The van der Waals surface area contributed by atoms with Gasteiger partial charge in [-0.25, -0.2) is 9.97 Å². The van der Waals surface area contributed by atoms with Crippen LogP contribution in [0.3, 0.4) is 0 Å². The number of nitro groups is 1. The highest BCUT2D eigenvalue weighted by Gasteiger charge is 2.27. The molecule has 1 unspecified atom stereocenters. The van der Waals surface area contributed by atoms with Gasteiger partial charge in [-0.05, 0) is 26.2 Å². The average molecular weight is 265 g/mol. The molecule has 1 aliphatic carbocycles.